The van der Waals surface area contributed by atoms with Gasteiger partial charge in [-0.25, -0.2) is 13.8 Å². The number of aryl methyl sites for hydroxylation is 1. The Morgan fingerprint density at radius 3 is 2.75 bits per heavy atom. The molecule has 0 saturated carbocycles. The molecule has 0 atom stereocenters. The van der Waals surface area contributed by atoms with E-state index in [1.807, 2.05) is 19.9 Å². The van der Waals surface area contributed by atoms with Gasteiger partial charge in [0.1, 0.15) is 5.82 Å². The first-order valence-electron chi connectivity index (χ1n) is 6.07. The number of benzene rings is 1. The van der Waals surface area contributed by atoms with E-state index in [9.17, 15) is 8.78 Å². The summed E-state index contributed by atoms with van der Waals surface area (Å²) in [4.78, 5) is 4.13. The highest BCUT2D eigenvalue weighted by Gasteiger charge is 2.09. The van der Waals surface area contributed by atoms with Crippen LogP contribution in [0.4, 0.5) is 14.5 Å². The third-order valence-corrected chi connectivity index (χ3v) is 3.13. The van der Waals surface area contributed by atoms with E-state index >= 15 is 0 Å². The average Bonchev–Trinajstić information content (AvgIpc) is 2.42. The first-order valence-corrected chi connectivity index (χ1v) is 7.06. The summed E-state index contributed by atoms with van der Waals surface area (Å²) in [5.74, 6) is -0.225. The van der Waals surface area contributed by atoms with E-state index < -0.39 is 11.6 Å². The topological polar surface area (TPSA) is 34.2 Å². The van der Waals surface area contributed by atoms with Gasteiger partial charge in [-0.15, -0.1) is 0 Å². The normalized spacial score (nSPS) is 10.4. The van der Waals surface area contributed by atoms with E-state index in [-0.39, 0.29) is 5.75 Å². The monoisotopic (exact) mass is 296 g/mol. The summed E-state index contributed by atoms with van der Waals surface area (Å²) in [5, 5.41) is 0. The Bertz CT molecular complexity index is 608. The van der Waals surface area contributed by atoms with Crippen molar-refractivity contribution < 1.29 is 13.5 Å². The minimum absolute atomic E-state index is 0.0503. The van der Waals surface area contributed by atoms with Crippen molar-refractivity contribution in [3.63, 3.8) is 0 Å². The summed E-state index contributed by atoms with van der Waals surface area (Å²) in [6, 6.07) is 5.01. The van der Waals surface area contributed by atoms with Gasteiger partial charge in [-0.1, -0.05) is 18.9 Å². The van der Waals surface area contributed by atoms with Gasteiger partial charge in [0.15, 0.2) is 11.6 Å². The van der Waals surface area contributed by atoms with Gasteiger partial charge in [0.25, 0.3) is 0 Å². The van der Waals surface area contributed by atoms with Crippen molar-refractivity contribution in [1.82, 2.24) is 4.98 Å². The molecular weight excluding hydrogens is 282 g/mol. The average molecular weight is 296 g/mol. The standard InChI is InChI=1S/C14H14F2N2OS/c1-3-20-18-11-6-9(2)14(17-8-11)19-13-5-4-10(15)7-12(13)16/h4-8,18H,3H2,1-2H3. The summed E-state index contributed by atoms with van der Waals surface area (Å²) < 4.78 is 34.8. The van der Waals surface area contributed by atoms with Crippen LogP contribution in [-0.2, 0) is 0 Å². The molecule has 0 aliphatic rings. The van der Waals surface area contributed by atoms with Crippen LogP contribution < -0.4 is 9.46 Å². The highest BCUT2D eigenvalue weighted by Crippen LogP contribution is 2.27. The number of nitrogens with one attached hydrogen (secondary N) is 1. The van der Waals surface area contributed by atoms with Crippen molar-refractivity contribution in [2.75, 3.05) is 10.5 Å². The van der Waals surface area contributed by atoms with Crippen molar-refractivity contribution in [3.05, 3.63) is 47.7 Å². The van der Waals surface area contributed by atoms with E-state index in [4.69, 9.17) is 4.74 Å². The predicted octanol–water partition coefficient (Wildman–Crippen LogP) is 4.54. The number of aromatic nitrogens is 1. The summed E-state index contributed by atoms with van der Waals surface area (Å²) in [7, 11) is 0. The van der Waals surface area contributed by atoms with Gasteiger partial charge in [-0.3, -0.25) is 0 Å². The molecule has 1 N–H and O–H groups in total. The van der Waals surface area contributed by atoms with Crippen molar-refractivity contribution in [1.29, 1.82) is 0 Å². The zero-order valence-electron chi connectivity index (χ0n) is 11.1. The van der Waals surface area contributed by atoms with E-state index in [2.05, 4.69) is 9.71 Å². The van der Waals surface area contributed by atoms with Gasteiger partial charge in [0.05, 0.1) is 11.9 Å². The Kier molecular flexibility index (Phi) is 4.79. The molecule has 106 valence electrons. The fourth-order valence-electron chi connectivity index (χ4n) is 1.54. The molecule has 0 radical (unpaired) electrons. The second-order valence-corrected chi connectivity index (χ2v) is 5.13. The van der Waals surface area contributed by atoms with E-state index in [0.29, 0.717) is 5.88 Å². The molecule has 2 aromatic rings. The molecule has 1 aromatic heterocycles. The highest BCUT2D eigenvalue weighted by atomic mass is 32.2. The van der Waals surface area contributed by atoms with Crippen LogP contribution in [-0.4, -0.2) is 10.7 Å². The molecule has 0 aliphatic carbocycles. The number of pyridine rings is 1. The molecule has 2 rings (SSSR count). The summed E-state index contributed by atoms with van der Waals surface area (Å²) in [5.41, 5.74) is 1.61. The van der Waals surface area contributed by atoms with E-state index in [1.165, 1.54) is 6.07 Å². The molecule has 0 fully saturated rings. The van der Waals surface area contributed by atoms with Crippen molar-refractivity contribution >= 4 is 17.6 Å². The number of rotatable bonds is 5. The predicted molar refractivity (Wildman–Crippen MR) is 77.2 cm³/mol. The third kappa shape index (κ3) is 3.60. The van der Waals surface area contributed by atoms with Gasteiger partial charge < -0.3 is 9.46 Å². The third-order valence-electron chi connectivity index (χ3n) is 2.47. The Hall–Kier alpha value is -1.82. The summed E-state index contributed by atoms with van der Waals surface area (Å²) >= 11 is 1.55. The van der Waals surface area contributed by atoms with Gasteiger partial charge in [-0.05, 0) is 25.1 Å². The molecule has 0 unspecified atom stereocenters. The van der Waals surface area contributed by atoms with Crippen LogP contribution in [0.25, 0.3) is 0 Å². The molecule has 0 spiro atoms. The highest BCUT2D eigenvalue weighted by molar-refractivity contribution is 8.00. The molecule has 3 nitrogen and oxygen atoms in total. The van der Waals surface area contributed by atoms with Crippen LogP contribution in [0.2, 0.25) is 0 Å². The molecule has 0 bridgehead atoms. The SMILES string of the molecule is CCSNc1cnc(Oc2ccc(F)cc2F)c(C)c1. The quantitative estimate of drug-likeness (QED) is 0.821. The van der Waals surface area contributed by atoms with E-state index in [0.717, 1.165) is 29.1 Å². The lowest BCUT2D eigenvalue weighted by Crippen LogP contribution is -1.96. The van der Waals surface area contributed by atoms with Crippen LogP contribution in [0.1, 0.15) is 12.5 Å². The molecule has 0 aliphatic heterocycles. The Morgan fingerprint density at radius 2 is 2.10 bits per heavy atom. The Morgan fingerprint density at radius 1 is 1.30 bits per heavy atom. The number of ether oxygens (including phenoxy) is 1. The zero-order valence-corrected chi connectivity index (χ0v) is 11.9. The van der Waals surface area contributed by atoms with Gasteiger partial charge in [0, 0.05) is 17.4 Å². The van der Waals surface area contributed by atoms with Crippen molar-refractivity contribution in [2.45, 2.75) is 13.8 Å². The van der Waals surface area contributed by atoms with Crippen LogP contribution in [0.5, 0.6) is 11.6 Å². The van der Waals surface area contributed by atoms with Crippen LogP contribution >= 0.6 is 11.9 Å². The fourth-order valence-corrected chi connectivity index (χ4v) is 1.97. The number of halogens is 2. The molecule has 1 heterocycles. The largest absolute Gasteiger partial charge is 0.436 e. The maximum atomic E-state index is 13.5. The smallest absolute Gasteiger partial charge is 0.222 e. The minimum Gasteiger partial charge on any atom is -0.436 e. The van der Waals surface area contributed by atoms with Crippen molar-refractivity contribution in [3.8, 4) is 11.6 Å². The first-order chi connectivity index (χ1) is 9.60. The van der Waals surface area contributed by atoms with Crippen LogP contribution in [0.3, 0.4) is 0 Å². The molecule has 6 heteroatoms. The maximum absolute atomic E-state index is 13.5. The summed E-state index contributed by atoms with van der Waals surface area (Å²) in [6.45, 7) is 3.85. The lowest BCUT2D eigenvalue weighted by molar-refractivity contribution is 0.421. The maximum Gasteiger partial charge on any atom is 0.222 e. The molecule has 20 heavy (non-hydrogen) atoms. The van der Waals surface area contributed by atoms with Gasteiger partial charge in [0.2, 0.25) is 5.88 Å². The number of nitrogens with zero attached hydrogens (tertiary/aromatic N) is 1. The molecule has 1 aromatic carbocycles. The number of anilines is 1. The second kappa shape index (κ2) is 6.56. The lowest BCUT2D eigenvalue weighted by Gasteiger charge is -2.10. The van der Waals surface area contributed by atoms with Gasteiger partial charge in [-0.2, -0.15) is 0 Å². The lowest BCUT2D eigenvalue weighted by atomic mass is 10.3. The van der Waals surface area contributed by atoms with Crippen molar-refractivity contribution in [2.24, 2.45) is 0 Å². The Balaban J connectivity index is 2.17. The van der Waals surface area contributed by atoms with Crippen LogP contribution in [0, 0.1) is 18.6 Å². The fraction of sp³-hybridized carbons (Fsp3) is 0.214. The number of hydrogen-bond acceptors (Lipinski definition) is 4. The minimum atomic E-state index is -0.755. The van der Waals surface area contributed by atoms with Gasteiger partial charge >= 0.3 is 0 Å². The summed E-state index contributed by atoms with van der Waals surface area (Å²) in [6.07, 6.45) is 1.60. The van der Waals surface area contributed by atoms with Crippen LogP contribution in [0.15, 0.2) is 30.5 Å². The number of hydrogen-bond donors (Lipinski definition) is 1. The molecule has 0 saturated heterocycles. The van der Waals surface area contributed by atoms with E-state index in [1.54, 1.807) is 18.1 Å². The second-order valence-electron chi connectivity index (χ2n) is 4.06. The Labute approximate surface area is 120 Å². The molecule has 0 amide bonds. The first kappa shape index (κ1) is 14.6. The molecular formula is C14H14F2N2OS. The zero-order chi connectivity index (χ0) is 14.5.